The standard InChI is InChI=1S/C15H14N2O.C2H6/c1-10-7-12-8-11-5-3-4-6-13(11)15(18)17(2)14(12)9-16-10;1-2/h3-7,9H,8H2,1-2H3;1-2H3. The fourth-order valence-corrected chi connectivity index (χ4v) is 2.43. The normalized spacial score (nSPS) is 12.8. The van der Waals surface area contributed by atoms with Crippen LogP contribution in [0.25, 0.3) is 0 Å². The van der Waals surface area contributed by atoms with E-state index in [2.05, 4.69) is 11.1 Å². The fourth-order valence-electron chi connectivity index (χ4n) is 2.43. The van der Waals surface area contributed by atoms with Crippen LogP contribution < -0.4 is 4.90 Å². The van der Waals surface area contributed by atoms with Crippen molar-refractivity contribution in [2.24, 2.45) is 0 Å². The molecule has 1 aromatic heterocycles. The summed E-state index contributed by atoms with van der Waals surface area (Å²) in [6.07, 6.45) is 2.57. The number of benzene rings is 1. The number of nitrogens with zero attached hydrogens (tertiary/aromatic N) is 2. The molecule has 3 nitrogen and oxygen atoms in total. The fraction of sp³-hybridized carbons (Fsp3) is 0.294. The summed E-state index contributed by atoms with van der Waals surface area (Å²) in [5.74, 6) is 0.0370. The molecule has 1 aliphatic rings. The summed E-state index contributed by atoms with van der Waals surface area (Å²) in [4.78, 5) is 18.4. The van der Waals surface area contributed by atoms with Crippen molar-refractivity contribution in [3.63, 3.8) is 0 Å². The number of amides is 1. The van der Waals surface area contributed by atoms with Gasteiger partial charge < -0.3 is 4.90 Å². The van der Waals surface area contributed by atoms with Crippen LogP contribution in [0.1, 0.15) is 41.0 Å². The summed E-state index contributed by atoms with van der Waals surface area (Å²) in [5.41, 5.74) is 4.91. The third-order valence-corrected chi connectivity index (χ3v) is 3.40. The first-order valence-corrected chi connectivity index (χ1v) is 6.98. The van der Waals surface area contributed by atoms with Crippen molar-refractivity contribution < 1.29 is 4.79 Å². The maximum Gasteiger partial charge on any atom is 0.258 e. The largest absolute Gasteiger partial charge is 0.310 e. The van der Waals surface area contributed by atoms with E-state index in [1.54, 1.807) is 18.1 Å². The molecule has 1 aliphatic heterocycles. The number of anilines is 1. The topological polar surface area (TPSA) is 33.2 Å². The number of aryl methyl sites for hydroxylation is 1. The lowest BCUT2D eigenvalue weighted by atomic mass is 10.0. The van der Waals surface area contributed by atoms with E-state index >= 15 is 0 Å². The molecule has 1 aromatic carbocycles. The van der Waals surface area contributed by atoms with Gasteiger partial charge in [-0.05, 0) is 30.2 Å². The van der Waals surface area contributed by atoms with Crippen molar-refractivity contribution >= 4 is 11.6 Å². The lowest BCUT2D eigenvalue weighted by Crippen LogP contribution is -2.26. The van der Waals surface area contributed by atoms with E-state index in [-0.39, 0.29) is 5.91 Å². The lowest BCUT2D eigenvalue weighted by Gasteiger charge is -2.17. The van der Waals surface area contributed by atoms with Crippen LogP contribution in [0.3, 0.4) is 0 Å². The van der Waals surface area contributed by atoms with Crippen molar-refractivity contribution in [2.75, 3.05) is 11.9 Å². The van der Waals surface area contributed by atoms with E-state index in [0.717, 1.165) is 34.5 Å². The second-order valence-corrected chi connectivity index (χ2v) is 4.65. The number of hydrogen-bond acceptors (Lipinski definition) is 2. The van der Waals surface area contributed by atoms with Crippen molar-refractivity contribution in [1.82, 2.24) is 4.98 Å². The summed E-state index contributed by atoms with van der Waals surface area (Å²) in [5, 5.41) is 0. The molecule has 20 heavy (non-hydrogen) atoms. The van der Waals surface area contributed by atoms with E-state index in [4.69, 9.17) is 0 Å². The number of rotatable bonds is 0. The Morgan fingerprint density at radius 1 is 1.15 bits per heavy atom. The van der Waals surface area contributed by atoms with Gasteiger partial charge in [-0.2, -0.15) is 0 Å². The van der Waals surface area contributed by atoms with Crippen molar-refractivity contribution in [3.8, 4) is 0 Å². The molecule has 0 fully saturated rings. The van der Waals surface area contributed by atoms with Crippen LogP contribution in [0.5, 0.6) is 0 Å². The van der Waals surface area contributed by atoms with E-state index in [9.17, 15) is 4.79 Å². The number of aromatic nitrogens is 1. The van der Waals surface area contributed by atoms with Gasteiger partial charge in [-0.25, -0.2) is 0 Å². The minimum absolute atomic E-state index is 0.0370. The van der Waals surface area contributed by atoms with Gasteiger partial charge in [-0.3, -0.25) is 9.78 Å². The van der Waals surface area contributed by atoms with Gasteiger partial charge in [0.2, 0.25) is 0 Å². The zero-order chi connectivity index (χ0) is 14.7. The Balaban J connectivity index is 0.000000704. The molecule has 2 aromatic rings. The van der Waals surface area contributed by atoms with E-state index in [0.29, 0.717) is 0 Å². The Hall–Kier alpha value is -2.16. The maximum absolute atomic E-state index is 12.4. The summed E-state index contributed by atoms with van der Waals surface area (Å²) < 4.78 is 0. The first-order valence-electron chi connectivity index (χ1n) is 6.98. The molecule has 0 atom stereocenters. The monoisotopic (exact) mass is 268 g/mol. The summed E-state index contributed by atoms with van der Waals surface area (Å²) >= 11 is 0. The first kappa shape index (κ1) is 14.3. The van der Waals surface area contributed by atoms with E-state index < -0.39 is 0 Å². The third-order valence-electron chi connectivity index (χ3n) is 3.40. The summed E-state index contributed by atoms with van der Waals surface area (Å²) in [7, 11) is 1.81. The molecule has 0 aliphatic carbocycles. The van der Waals surface area contributed by atoms with Gasteiger partial charge in [0.05, 0.1) is 11.9 Å². The van der Waals surface area contributed by atoms with Gasteiger partial charge in [0.1, 0.15) is 0 Å². The van der Waals surface area contributed by atoms with E-state index in [1.165, 1.54) is 0 Å². The molecular weight excluding hydrogens is 248 g/mol. The van der Waals surface area contributed by atoms with Crippen LogP contribution in [0.4, 0.5) is 5.69 Å². The smallest absolute Gasteiger partial charge is 0.258 e. The Morgan fingerprint density at radius 2 is 1.85 bits per heavy atom. The zero-order valence-corrected chi connectivity index (χ0v) is 12.5. The molecule has 0 saturated carbocycles. The number of carbonyl (C=O) groups excluding carboxylic acids is 1. The lowest BCUT2D eigenvalue weighted by molar-refractivity contribution is 0.0993. The Labute approximate surface area is 120 Å². The van der Waals surface area contributed by atoms with Gasteiger partial charge in [-0.1, -0.05) is 32.0 Å². The highest BCUT2D eigenvalue weighted by Gasteiger charge is 2.23. The molecule has 0 unspecified atom stereocenters. The molecule has 1 amide bonds. The molecule has 0 saturated heterocycles. The van der Waals surface area contributed by atoms with Crippen LogP contribution in [-0.4, -0.2) is 17.9 Å². The number of hydrogen-bond donors (Lipinski definition) is 0. The number of pyridine rings is 1. The van der Waals surface area contributed by atoms with Crippen LogP contribution >= 0.6 is 0 Å². The van der Waals surface area contributed by atoms with Crippen molar-refractivity contribution in [1.29, 1.82) is 0 Å². The molecule has 2 heterocycles. The minimum atomic E-state index is 0.0370. The second kappa shape index (κ2) is 5.87. The quantitative estimate of drug-likeness (QED) is 0.731. The molecular formula is C17H20N2O. The molecule has 104 valence electrons. The van der Waals surface area contributed by atoms with Crippen LogP contribution in [-0.2, 0) is 6.42 Å². The Kier molecular flexibility index (Phi) is 4.18. The Bertz CT molecular complexity index is 635. The van der Waals surface area contributed by atoms with Gasteiger partial charge in [-0.15, -0.1) is 0 Å². The predicted octanol–water partition coefficient (Wildman–Crippen LogP) is 3.60. The molecule has 3 heteroatoms. The molecule has 3 rings (SSSR count). The number of fused-ring (bicyclic) bond motifs is 2. The molecule has 0 N–H and O–H groups in total. The zero-order valence-electron chi connectivity index (χ0n) is 12.5. The van der Waals surface area contributed by atoms with Crippen molar-refractivity contribution in [2.45, 2.75) is 27.2 Å². The molecule has 0 spiro atoms. The second-order valence-electron chi connectivity index (χ2n) is 4.65. The minimum Gasteiger partial charge on any atom is -0.310 e. The summed E-state index contributed by atoms with van der Waals surface area (Å²) in [6, 6.07) is 9.85. The summed E-state index contributed by atoms with van der Waals surface area (Å²) in [6.45, 7) is 5.97. The van der Waals surface area contributed by atoms with Crippen LogP contribution in [0, 0.1) is 6.92 Å². The van der Waals surface area contributed by atoms with Crippen molar-refractivity contribution in [3.05, 3.63) is 58.9 Å². The first-order chi connectivity index (χ1) is 9.66. The predicted molar refractivity (Wildman–Crippen MR) is 82.3 cm³/mol. The number of carbonyl (C=O) groups is 1. The van der Waals surface area contributed by atoms with E-state index in [1.807, 2.05) is 45.0 Å². The maximum atomic E-state index is 12.4. The Morgan fingerprint density at radius 3 is 2.60 bits per heavy atom. The molecule has 0 bridgehead atoms. The van der Waals surface area contributed by atoms with Gasteiger partial charge in [0.15, 0.2) is 0 Å². The van der Waals surface area contributed by atoms with Crippen LogP contribution in [0.2, 0.25) is 0 Å². The molecule has 0 radical (unpaired) electrons. The highest BCUT2D eigenvalue weighted by molar-refractivity contribution is 6.08. The third kappa shape index (κ3) is 2.44. The highest BCUT2D eigenvalue weighted by Crippen LogP contribution is 2.29. The highest BCUT2D eigenvalue weighted by atomic mass is 16.2. The SMILES string of the molecule is CC.Cc1cc2c(cn1)N(C)C(=O)c1ccccc1C2. The van der Waals surface area contributed by atoms with Gasteiger partial charge >= 0.3 is 0 Å². The van der Waals surface area contributed by atoms with Gasteiger partial charge in [0, 0.05) is 24.7 Å². The van der Waals surface area contributed by atoms with Gasteiger partial charge in [0.25, 0.3) is 5.91 Å². The average molecular weight is 268 g/mol. The van der Waals surface area contributed by atoms with Crippen LogP contribution in [0.15, 0.2) is 36.5 Å². The average Bonchev–Trinajstić information content (AvgIpc) is 2.58.